The number of benzene rings is 2. The predicted molar refractivity (Wildman–Crippen MR) is 102 cm³/mol. The molecule has 0 heterocycles. The molecule has 0 atom stereocenters. The molecule has 2 rings (SSSR count). The smallest absolute Gasteiger partial charge is 0.339 e. The number of aryl methyl sites for hydroxylation is 1. The molecule has 1 N–H and O–H groups in total. The third kappa shape index (κ3) is 6.69. The van der Waals surface area contributed by atoms with Crippen LogP contribution in [0.4, 0.5) is 0 Å². The Morgan fingerprint density at radius 2 is 1.63 bits per heavy atom. The van der Waals surface area contributed by atoms with Gasteiger partial charge in [-0.2, -0.15) is 4.89 Å². The third-order valence-electron chi connectivity index (χ3n) is 4.04. The minimum atomic E-state index is -3.23. The van der Waals surface area contributed by atoms with Crippen LogP contribution in [-0.2, 0) is 14.7 Å². The van der Waals surface area contributed by atoms with Crippen LogP contribution in [0.3, 0.4) is 0 Å². The zero-order chi connectivity index (χ0) is 19.7. The van der Waals surface area contributed by atoms with E-state index in [0.717, 1.165) is 18.4 Å². The summed E-state index contributed by atoms with van der Waals surface area (Å²) >= 11 is 0. The number of rotatable bonds is 11. The number of carbonyl (C=O) groups is 1. The van der Waals surface area contributed by atoms with Crippen molar-refractivity contribution in [3.63, 3.8) is 0 Å². The molecule has 2 aromatic rings. The molecule has 0 aliphatic rings. The van der Waals surface area contributed by atoms with Gasteiger partial charge in [-0.15, -0.1) is 0 Å². The minimum absolute atomic E-state index is 0.0406. The topological polar surface area (TPSA) is 89.9 Å². The Balaban J connectivity index is 1.63. The van der Waals surface area contributed by atoms with Gasteiger partial charge in [-0.3, -0.25) is 0 Å². The first kappa shape index (κ1) is 20.9. The summed E-state index contributed by atoms with van der Waals surface area (Å²) in [6.07, 6.45) is 2.84. The van der Waals surface area contributed by atoms with Crippen molar-refractivity contribution in [1.82, 2.24) is 0 Å². The molecule has 0 radical (unpaired) electrons. The molecule has 2 aromatic carbocycles. The first-order chi connectivity index (χ1) is 12.9. The van der Waals surface area contributed by atoms with Gasteiger partial charge in [0.1, 0.15) is 5.56 Å². The quantitative estimate of drug-likeness (QED) is 0.353. The van der Waals surface area contributed by atoms with Gasteiger partial charge in [0, 0.05) is 0 Å². The highest BCUT2D eigenvalue weighted by Gasteiger charge is 2.13. The van der Waals surface area contributed by atoms with Crippen LogP contribution >= 0.6 is 0 Å². The van der Waals surface area contributed by atoms with Gasteiger partial charge in [0.2, 0.25) is 0 Å². The fourth-order valence-electron chi connectivity index (χ4n) is 2.49. The SMILES string of the molecule is Cc1ccc(S(=O)(=O)CCCCCCOOc2ccccc2C(=O)O)cc1. The number of para-hydroxylation sites is 1. The van der Waals surface area contributed by atoms with Crippen LogP contribution in [-0.4, -0.2) is 31.9 Å². The third-order valence-corrected chi connectivity index (χ3v) is 5.85. The molecular weight excluding hydrogens is 368 g/mol. The van der Waals surface area contributed by atoms with Crippen LogP contribution in [0.25, 0.3) is 0 Å². The lowest BCUT2D eigenvalue weighted by molar-refractivity contribution is -0.207. The van der Waals surface area contributed by atoms with Crippen LogP contribution in [0.1, 0.15) is 41.6 Å². The molecule has 0 aliphatic carbocycles. The maximum atomic E-state index is 12.2. The summed E-state index contributed by atoms with van der Waals surface area (Å²) < 4.78 is 24.5. The van der Waals surface area contributed by atoms with Crippen LogP contribution < -0.4 is 4.89 Å². The van der Waals surface area contributed by atoms with E-state index in [4.69, 9.17) is 14.9 Å². The van der Waals surface area contributed by atoms with E-state index in [1.165, 1.54) is 12.1 Å². The molecule has 6 nitrogen and oxygen atoms in total. The van der Waals surface area contributed by atoms with Crippen molar-refractivity contribution in [3.05, 3.63) is 59.7 Å². The summed E-state index contributed by atoms with van der Waals surface area (Å²) in [5.41, 5.74) is 1.07. The van der Waals surface area contributed by atoms with Crippen molar-refractivity contribution >= 4 is 15.8 Å². The van der Waals surface area contributed by atoms with Gasteiger partial charge in [0.05, 0.1) is 17.3 Å². The second-order valence-corrected chi connectivity index (χ2v) is 8.36. The number of carboxylic acids is 1. The fourth-order valence-corrected chi connectivity index (χ4v) is 3.86. The van der Waals surface area contributed by atoms with Gasteiger partial charge in [0.15, 0.2) is 15.6 Å². The Bertz CT molecular complexity index is 843. The molecule has 0 spiro atoms. The summed E-state index contributed by atoms with van der Waals surface area (Å²) in [5.74, 6) is -0.794. The lowest BCUT2D eigenvalue weighted by atomic mass is 10.2. The van der Waals surface area contributed by atoms with E-state index in [9.17, 15) is 13.2 Å². The van der Waals surface area contributed by atoms with Crippen LogP contribution in [0.5, 0.6) is 5.75 Å². The molecule has 0 aliphatic heterocycles. The van der Waals surface area contributed by atoms with Gasteiger partial charge >= 0.3 is 5.97 Å². The highest BCUT2D eigenvalue weighted by molar-refractivity contribution is 7.91. The van der Waals surface area contributed by atoms with Crippen molar-refractivity contribution in [2.45, 2.75) is 37.5 Å². The molecule has 0 unspecified atom stereocenters. The average Bonchev–Trinajstić information content (AvgIpc) is 2.64. The molecular formula is C20H24O6S. The molecule has 0 saturated carbocycles. The van der Waals surface area contributed by atoms with E-state index in [1.54, 1.807) is 36.4 Å². The van der Waals surface area contributed by atoms with E-state index < -0.39 is 15.8 Å². The van der Waals surface area contributed by atoms with E-state index in [2.05, 4.69) is 0 Å². The Labute approximate surface area is 159 Å². The number of hydrogen-bond donors (Lipinski definition) is 1. The van der Waals surface area contributed by atoms with Crippen molar-refractivity contribution in [3.8, 4) is 5.75 Å². The second-order valence-electron chi connectivity index (χ2n) is 6.25. The maximum absolute atomic E-state index is 12.2. The van der Waals surface area contributed by atoms with Gasteiger partial charge in [0.25, 0.3) is 0 Å². The highest BCUT2D eigenvalue weighted by atomic mass is 32.2. The lowest BCUT2D eigenvalue weighted by Gasteiger charge is -2.07. The molecule has 0 amide bonds. The first-order valence-electron chi connectivity index (χ1n) is 8.81. The van der Waals surface area contributed by atoms with Crippen molar-refractivity contribution < 1.29 is 28.1 Å². The van der Waals surface area contributed by atoms with E-state index in [-0.39, 0.29) is 17.1 Å². The Morgan fingerprint density at radius 1 is 0.963 bits per heavy atom. The summed E-state index contributed by atoms with van der Waals surface area (Å²) in [4.78, 5) is 21.5. The molecule has 146 valence electrons. The zero-order valence-corrected chi connectivity index (χ0v) is 16.1. The van der Waals surface area contributed by atoms with Crippen LogP contribution in [0.2, 0.25) is 0 Å². The monoisotopic (exact) mass is 392 g/mol. The minimum Gasteiger partial charge on any atom is -0.478 e. The van der Waals surface area contributed by atoms with Gasteiger partial charge in [-0.25, -0.2) is 13.2 Å². The Kier molecular flexibility index (Phi) is 7.82. The average molecular weight is 392 g/mol. The van der Waals surface area contributed by atoms with Gasteiger partial charge in [-0.05, 0) is 44.0 Å². The summed E-state index contributed by atoms with van der Waals surface area (Å²) in [7, 11) is -3.23. The second kappa shape index (κ2) is 10.1. The van der Waals surface area contributed by atoms with Crippen LogP contribution in [0, 0.1) is 6.92 Å². The predicted octanol–water partition coefficient (Wildman–Crippen LogP) is 4.04. The molecule has 0 aromatic heterocycles. The van der Waals surface area contributed by atoms with Gasteiger partial charge < -0.3 is 9.99 Å². The number of unbranched alkanes of at least 4 members (excludes halogenated alkanes) is 3. The van der Waals surface area contributed by atoms with Crippen LogP contribution in [0.15, 0.2) is 53.4 Å². The van der Waals surface area contributed by atoms with E-state index in [1.807, 2.05) is 6.92 Å². The van der Waals surface area contributed by atoms with Crippen molar-refractivity contribution in [2.24, 2.45) is 0 Å². The Morgan fingerprint density at radius 3 is 2.33 bits per heavy atom. The number of sulfone groups is 1. The zero-order valence-electron chi connectivity index (χ0n) is 15.3. The molecule has 0 bridgehead atoms. The number of hydrogen-bond acceptors (Lipinski definition) is 5. The summed E-state index contributed by atoms with van der Waals surface area (Å²) in [6, 6.07) is 13.1. The normalized spacial score (nSPS) is 11.3. The van der Waals surface area contributed by atoms with Gasteiger partial charge in [-0.1, -0.05) is 42.7 Å². The standard InChI is InChI=1S/C20H24O6S/c1-16-10-12-17(13-11-16)27(23,24)15-7-3-2-6-14-25-26-19-9-5-4-8-18(19)20(21)22/h4-5,8-13H,2-3,6-7,14-15H2,1H3,(H,21,22). The molecule has 7 heteroatoms. The number of aromatic carboxylic acids is 1. The fraction of sp³-hybridized carbons (Fsp3) is 0.350. The highest BCUT2D eigenvalue weighted by Crippen LogP contribution is 2.18. The Hall–Kier alpha value is -2.38. The summed E-state index contributed by atoms with van der Waals surface area (Å²) in [5, 5.41) is 9.04. The maximum Gasteiger partial charge on any atom is 0.339 e. The molecule has 27 heavy (non-hydrogen) atoms. The van der Waals surface area contributed by atoms with E-state index in [0.29, 0.717) is 24.3 Å². The molecule has 0 saturated heterocycles. The van der Waals surface area contributed by atoms with Crippen molar-refractivity contribution in [2.75, 3.05) is 12.4 Å². The largest absolute Gasteiger partial charge is 0.478 e. The number of carboxylic acid groups (broad SMARTS) is 1. The summed E-state index contributed by atoms with van der Waals surface area (Å²) in [6.45, 7) is 2.22. The van der Waals surface area contributed by atoms with E-state index >= 15 is 0 Å². The first-order valence-corrected chi connectivity index (χ1v) is 10.5. The van der Waals surface area contributed by atoms with Crippen molar-refractivity contribution in [1.29, 1.82) is 0 Å². The lowest BCUT2D eigenvalue weighted by Crippen LogP contribution is -2.07. The molecule has 0 fully saturated rings.